The summed E-state index contributed by atoms with van der Waals surface area (Å²) < 4.78 is 51.5. The third-order valence-corrected chi connectivity index (χ3v) is 6.10. The van der Waals surface area contributed by atoms with Gasteiger partial charge in [-0.25, -0.2) is 0 Å². The van der Waals surface area contributed by atoms with Gasteiger partial charge in [-0.1, -0.05) is 24.3 Å². The summed E-state index contributed by atoms with van der Waals surface area (Å²) in [5.41, 5.74) is -0.0357. The third-order valence-electron chi connectivity index (χ3n) is 5.31. The van der Waals surface area contributed by atoms with Crippen LogP contribution in [0.4, 0.5) is 24.5 Å². The topological polar surface area (TPSA) is 50.8 Å². The maximum absolute atomic E-state index is 13.4. The Bertz CT molecular complexity index is 1160. The van der Waals surface area contributed by atoms with Crippen molar-refractivity contribution >= 4 is 44.0 Å². The number of halogens is 4. The van der Waals surface area contributed by atoms with Crippen LogP contribution in [-0.2, 0) is 10.9 Å². The molecule has 1 N–H and O–H groups in total. The van der Waals surface area contributed by atoms with E-state index in [4.69, 9.17) is 9.47 Å². The summed E-state index contributed by atoms with van der Waals surface area (Å²) in [6, 6.07) is 12.5. The zero-order valence-electron chi connectivity index (χ0n) is 17.1. The molecule has 0 saturated carbocycles. The summed E-state index contributed by atoms with van der Waals surface area (Å²) in [4.78, 5) is 15.1. The van der Waals surface area contributed by atoms with Crippen LogP contribution in [0.25, 0.3) is 10.8 Å². The summed E-state index contributed by atoms with van der Waals surface area (Å²) in [5, 5.41) is 4.33. The van der Waals surface area contributed by atoms with Gasteiger partial charge in [0.25, 0.3) is 5.91 Å². The summed E-state index contributed by atoms with van der Waals surface area (Å²) >= 11 is 3.49. The molecule has 1 aliphatic heterocycles. The van der Waals surface area contributed by atoms with Crippen LogP contribution in [0.2, 0.25) is 0 Å². The number of ether oxygens (including phenoxy) is 2. The second-order valence-corrected chi connectivity index (χ2v) is 8.07. The van der Waals surface area contributed by atoms with Gasteiger partial charge in [0.05, 0.1) is 47.3 Å². The Balaban J connectivity index is 1.77. The lowest BCUT2D eigenvalue weighted by atomic mass is 10.0. The van der Waals surface area contributed by atoms with Gasteiger partial charge < -0.3 is 19.7 Å². The monoisotopic (exact) mass is 508 g/mol. The summed E-state index contributed by atoms with van der Waals surface area (Å²) in [6.45, 7) is 1.94. The standard InChI is InChI=1S/C23H20BrF3N2O3/c1-31-21-17(12-14-4-2-3-5-16(14)20(21)24)22(30)28-18-13-15(23(25,26)27)6-7-19(18)29-8-10-32-11-9-29/h2-7,12-13H,8-11H2,1H3,(H,28,30). The molecule has 1 amide bonds. The number of rotatable bonds is 4. The maximum atomic E-state index is 13.4. The molecule has 0 atom stereocenters. The number of nitrogens with one attached hydrogen (secondary N) is 1. The summed E-state index contributed by atoms with van der Waals surface area (Å²) in [6.07, 6.45) is -4.54. The number of morpholine rings is 1. The molecule has 168 valence electrons. The molecule has 5 nitrogen and oxygen atoms in total. The van der Waals surface area contributed by atoms with Crippen molar-refractivity contribution in [3.05, 3.63) is 64.1 Å². The van der Waals surface area contributed by atoms with E-state index in [0.29, 0.717) is 42.2 Å². The average Bonchev–Trinajstić information content (AvgIpc) is 2.79. The van der Waals surface area contributed by atoms with Gasteiger partial charge in [-0.2, -0.15) is 13.2 Å². The number of carbonyl (C=O) groups is 1. The first-order valence-electron chi connectivity index (χ1n) is 9.90. The second kappa shape index (κ2) is 8.99. The van der Waals surface area contributed by atoms with E-state index in [2.05, 4.69) is 21.2 Å². The lowest BCUT2D eigenvalue weighted by molar-refractivity contribution is -0.137. The number of hydrogen-bond acceptors (Lipinski definition) is 4. The van der Waals surface area contributed by atoms with E-state index in [0.717, 1.165) is 22.9 Å². The molecular formula is C23H20BrF3N2O3. The Hall–Kier alpha value is -2.78. The Morgan fingerprint density at radius 3 is 2.53 bits per heavy atom. The highest BCUT2D eigenvalue weighted by Crippen LogP contribution is 2.39. The van der Waals surface area contributed by atoms with Gasteiger partial charge in [-0.05, 0) is 51.0 Å². The van der Waals surface area contributed by atoms with Crippen LogP contribution >= 0.6 is 15.9 Å². The van der Waals surface area contributed by atoms with E-state index in [1.807, 2.05) is 29.2 Å². The number of nitrogens with zero attached hydrogens (tertiary/aromatic N) is 1. The normalized spacial score (nSPS) is 14.5. The molecule has 32 heavy (non-hydrogen) atoms. The quantitative estimate of drug-likeness (QED) is 0.489. The molecule has 3 aromatic carbocycles. The van der Waals surface area contributed by atoms with Crippen molar-refractivity contribution in [2.24, 2.45) is 0 Å². The molecule has 1 fully saturated rings. The van der Waals surface area contributed by atoms with E-state index in [1.165, 1.54) is 13.2 Å². The van der Waals surface area contributed by atoms with Crippen LogP contribution < -0.4 is 15.0 Å². The van der Waals surface area contributed by atoms with E-state index >= 15 is 0 Å². The lowest BCUT2D eigenvalue weighted by Crippen LogP contribution is -2.36. The van der Waals surface area contributed by atoms with E-state index in [9.17, 15) is 18.0 Å². The fraction of sp³-hybridized carbons (Fsp3) is 0.261. The van der Waals surface area contributed by atoms with Gasteiger partial charge in [0, 0.05) is 13.1 Å². The highest BCUT2D eigenvalue weighted by atomic mass is 79.9. The van der Waals surface area contributed by atoms with E-state index in [-0.39, 0.29) is 11.3 Å². The van der Waals surface area contributed by atoms with Crippen molar-refractivity contribution in [3.8, 4) is 5.75 Å². The molecule has 0 spiro atoms. The largest absolute Gasteiger partial charge is 0.495 e. The molecule has 0 unspecified atom stereocenters. The van der Waals surface area contributed by atoms with Gasteiger partial charge in [0.2, 0.25) is 0 Å². The van der Waals surface area contributed by atoms with Crippen LogP contribution in [0.5, 0.6) is 5.75 Å². The summed E-state index contributed by atoms with van der Waals surface area (Å²) in [7, 11) is 1.44. The highest BCUT2D eigenvalue weighted by molar-refractivity contribution is 9.10. The van der Waals surface area contributed by atoms with Gasteiger partial charge >= 0.3 is 6.18 Å². The highest BCUT2D eigenvalue weighted by Gasteiger charge is 2.32. The number of hydrogen-bond donors (Lipinski definition) is 1. The number of alkyl halides is 3. The SMILES string of the molecule is COc1c(C(=O)Nc2cc(C(F)(F)F)ccc2N2CCOCC2)cc2ccccc2c1Br. The Morgan fingerprint density at radius 2 is 1.84 bits per heavy atom. The van der Waals surface area contributed by atoms with Gasteiger partial charge in [0.15, 0.2) is 0 Å². The smallest absolute Gasteiger partial charge is 0.416 e. The Kier molecular flexibility index (Phi) is 6.30. The number of benzene rings is 3. The lowest BCUT2D eigenvalue weighted by Gasteiger charge is -2.31. The number of carbonyl (C=O) groups excluding carboxylic acids is 1. The number of amides is 1. The van der Waals surface area contributed by atoms with Crippen molar-refractivity contribution < 1.29 is 27.4 Å². The zero-order valence-corrected chi connectivity index (χ0v) is 18.7. The van der Waals surface area contributed by atoms with Crippen LogP contribution in [-0.4, -0.2) is 39.3 Å². The maximum Gasteiger partial charge on any atom is 0.416 e. The third kappa shape index (κ3) is 4.40. The van der Waals surface area contributed by atoms with Crippen LogP contribution in [0.15, 0.2) is 53.0 Å². The zero-order chi connectivity index (χ0) is 22.9. The fourth-order valence-electron chi connectivity index (χ4n) is 3.73. The van der Waals surface area contributed by atoms with Crippen molar-refractivity contribution in [2.45, 2.75) is 6.18 Å². The van der Waals surface area contributed by atoms with Crippen molar-refractivity contribution in [1.82, 2.24) is 0 Å². The second-order valence-electron chi connectivity index (χ2n) is 7.28. The molecule has 3 aromatic rings. The van der Waals surface area contributed by atoms with Crippen molar-refractivity contribution in [1.29, 1.82) is 0 Å². The van der Waals surface area contributed by atoms with Gasteiger partial charge in [-0.3, -0.25) is 4.79 Å². The average molecular weight is 509 g/mol. The number of anilines is 2. The molecule has 0 bridgehead atoms. The minimum atomic E-state index is -4.54. The fourth-order valence-corrected chi connectivity index (χ4v) is 4.47. The van der Waals surface area contributed by atoms with Crippen molar-refractivity contribution in [2.75, 3.05) is 43.6 Å². The molecule has 1 heterocycles. The molecule has 0 aliphatic carbocycles. The first-order chi connectivity index (χ1) is 15.3. The number of fused-ring (bicyclic) bond motifs is 1. The van der Waals surface area contributed by atoms with Gasteiger partial charge in [-0.15, -0.1) is 0 Å². The van der Waals surface area contributed by atoms with Crippen LogP contribution in [0.1, 0.15) is 15.9 Å². The van der Waals surface area contributed by atoms with Crippen molar-refractivity contribution in [3.63, 3.8) is 0 Å². The predicted octanol–water partition coefficient (Wildman–Crippen LogP) is 5.72. The Labute approximate surface area is 191 Å². The molecule has 0 aromatic heterocycles. The minimum Gasteiger partial charge on any atom is -0.495 e. The molecular weight excluding hydrogens is 489 g/mol. The van der Waals surface area contributed by atoms with E-state index < -0.39 is 17.6 Å². The molecule has 0 radical (unpaired) electrons. The molecule has 4 rings (SSSR count). The van der Waals surface area contributed by atoms with Crippen LogP contribution in [0, 0.1) is 0 Å². The summed E-state index contributed by atoms with van der Waals surface area (Å²) in [5.74, 6) is -0.261. The Morgan fingerprint density at radius 1 is 1.12 bits per heavy atom. The van der Waals surface area contributed by atoms with Gasteiger partial charge in [0.1, 0.15) is 5.75 Å². The van der Waals surface area contributed by atoms with Crippen LogP contribution in [0.3, 0.4) is 0 Å². The molecule has 1 aliphatic rings. The first kappa shape index (κ1) is 22.4. The molecule has 9 heteroatoms. The van der Waals surface area contributed by atoms with E-state index in [1.54, 1.807) is 6.07 Å². The first-order valence-corrected chi connectivity index (χ1v) is 10.7. The molecule has 1 saturated heterocycles. The predicted molar refractivity (Wildman–Crippen MR) is 121 cm³/mol. The minimum absolute atomic E-state index is 0.0815. The number of methoxy groups -OCH3 is 1.